The van der Waals surface area contributed by atoms with Crippen molar-refractivity contribution in [3.63, 3.8) is 0 Å². The van der Waals surface area contributed by atoms with Gasteiger partial charge >= 0.3 is 5.69 Å². The summed E-state index contributed by atoms with van der Waals surface area (Å²) in [7, 11) is 0. The van der Waals surface area contributed by atoms with Crippen LogP contribution in [0.15, 0.2) is 12.1 Å². The quantitative estimate of drug-likeness (QED) is 0.631. The second-order valence-electron chi connectivity index (χ2n) is 3.16. The number of rotatable bonds is 4. The van der Waals surface area contributed by atoms with E-state index in [4.69, 9.17) is 10.5 Å². The summed E-state index contributed by atoms with van der Waals surface area (Å²) in [5.41, 5.74) is 4.31. The van der Waals surface area contributed by atoms with Crippen LogP contribution >= 0.6 is 0 Å². The van der Waals surface area contributed by atoms with Crippen molar-refractivity contribution in [1.82, 2.24) is 0 Å². The second kappa shape index (κ2) is 4.84. The minimum Gasteiger partial charge on any atom is -0.486 e. The molecule has 0 heterocycles. The Morgan fingerprint density at radius 2 is 2.12 bits per heavy atom. The van der Waals surface area contributed by atoms with Gasteiger partial charge < -0.3 is 10.5 Å². The predicted molar refractivity (Wildman–Crippen MR) is 52.2 cm³/mol. The van der Waals surface area contributed by atoms with E-state index < -0.39 is 28.3 Å². The molecule has 0 bridgehead atoms. The number of nitrogens with two attached hydrogens (primary N) is 1. The standard InChI is InChI=1S/C9H10F2N2O3/c1-5(4-12)16-9-3-6(10)8(13(14)15)2-7(9)11/h2-3,5H,4,12H2,1H3. The Hall–Kier alpha value is -1.76. The fraction of sp³-hybridized carbons (Fsp3) is 0.333. The van der Waals surface area contributed by atoms with Crippen LogP contribution in [0.1, 0.15) is 6.92 Å². The lowest BCUT2D eigenvalue weighted by molar-refractivity contribution is -0.387. The van der Waals surface area contributed by atoms with Crippen LogP contribution in [0, 0.1) is 21.7 Å². The van der Waals surface area contributed by atoms with Crippen LogP contribution < -0.4 is 10.5 Å². The minimum atomic E-state index is -1.15. The van der Waals surface area contributed by atoms with Gasteiger partial charge in [0, 0.05) is 12.6 Å². The van der Waals surface area contributed by atoms with E-state index in [9.17, 15) is 18.9 Å². The second-order valence-corrected chi connectivity index (χ2v) is 3.16. The maximum atomic E-state index is 13.3. The molecule has 5 nitrogen and oxygen atoms in total. The van der Waals surface area contributed by atoms with Gasteiger partial charge in [0.05, 0.1) is 11.0 Å². The topological polar surface area (TPSA) is 78.4 Å². The highest BCUT2D eigenvalue weighted by atomic mass is 19.1. The third-order valence-electron chi connectivity index (χ3n) is 1.86. The largest absolute Gasteiger partial charge is 0.486 e. The fourth-order valence-corrected chi connectivity index (χ4v) is 1.01. The summed E-state index contributed by atoms with van der Waals surface area (Å²) < 4.78 is 31.3. The summed E-state index contributed by atoms with van der Waals surface area (Å²) in [5.74, 6) is -2.53. The molecule has 0 saturated heterocycles. The Morgan fingerprint density at radius 1 is 1.50 bits per heavy atom. The van der Waals surface area contributed by atoms with Gasteiger partial charge in [-0.1, -0.05) is 0 Å². The van der Waals surface area contributed by atoms with Gasteiger partial charge in [-0.2, -0.15) is 4.39 Å². The van der Waals surface area contributed by atoms with Gasteiger partial charge in [0.1, 0.15) is 6.10 Å². The van der Waals surface area contributed by atoms with Crippen molar-refractivity contribution >= 4 is 5.69 Å². The number of nitro groups is 1. The Labute approximate surface area is 90.0 Å². The third kappa shape index (κ3) is 2.63. The number of benzene rings is 1. The Bertz CT molecular complexity index is 412. The molecule has 88 valence electrons. The smallest absolute Gasteiger partial charge is 0.307 e. The van der Waals surface area contributed by atoms with Crippen molar-refractivity contribution in [3.8, 4) is 5.75 Å². The summed E-state index contributed by atoms with van der Waals surface area (Å²) in [6, 6.07) is 1.12. The molecule has 16 heavy (non-hydrogen) atoms. The van der Waals surface area contributed by atoms with Crippen LogP contribution in [-0.4, -0.2) is 17.6 Å². The van der Waals surface area contributed by atoms with Gasteiger partial charge in [-0.05, 0) is 6.92 Å². The lowest BCUT2D eigenvalue weighted by Gasteiger charge is -2.12. The number of hydrogen-bond donors (Lipinski definition) is 1. The summed E-state index contributed by atoms with van der Waals surface area (Å²) in [5, 5.41) is 10.3. The summed E-state index contributed by atoms with van der Waals surface area (Å²) in [6.45, 7) is 1.69. The molecule has 0 aliphatic rings. The van der Waals surface area contributed by atoms with Crippen LogP contribution in [-0.2, 0) is 0 Å². The van der Waals surface area contributed by atoms with Crippen molar-refractivity contribution in [1.29, 1.82) is 0 Å². The first-order valence-corrected chi connectivity index (χ1v) is 4.46. The van der Waals surface area contributed by atoms with Gasteiger partial charge in [0.25, 0.3) is 0 Å². The van der Waals surface area contributed by atoms with E-state index in [-0.39, 0.29) is 12.3 Å². The number of hydrogen-bond acceptors (Lipinski definition) is 4. The van der Waals surface area contributed by atoms with Crippen molar-refractivity contribution in [3.05, 3.63) is 33.9 Å². The Kier molecular flexibility index (Phi) is 3.73. The van der Waals surface area contributed by atoms with Gasteiger partial charge in [0.15, 0.2) is 11.6 Å². The molecular weight excluding hydrogens is 222 g/mol. The molecule has 0 radical (unpaired) electrons. The predicted octanol–water partition coefficient (Wildman–Crippen LogP) is 1.60. The van der Waals surface area contributed by atoms with E-state index in [1.54, 1.807) is 6.92 Å². The Balaban J connectivity index is 3.05. The molecule has 0 spiro atoms. The fourth-order valence-electron chi connectivity index (χ4n) is 1.01. The third-order valence-corrected chi connectivity index (χ3v) is 1.86. The van der Waals surface area contributed by atoms with E-state index in [0.717, 1.165) is 0 Å². The van der Waals surface area contributed by atoms with Crippen LogP contribution in [0.4, 0.5) is 14.5 Å². The summed E-state index contributed by atoms with van der Waals surface area (Å²) in [6.07, 6.45) is -0.504. The monoisotopic (exact) mass is 232 g/mol. The van der Waals surface area contributed by atoms with Crippen LogP contribution in [0.25, 0.3) is 0 Å². The van der Waals surface area contributed by atoms with E-state index in [1.165, 1.54) is 0 Å². The SMILES string of the molecule is CC(CN)Oc1cc(F)c([N+](=O)[O-])cc1F. The van der Waals surface area contributed by atoms with Gasteiger partial charge in [-0.15, -0.1) is 0 Å². The normalized spacial score (nSPS) is 12.2. The van der Waals surface area contributed by atoms with Crippen molar-refractivity contribution in [2.75, 3.05) is 6.54 Å². The molecule has 0 amide bonds. The molecule has 0 aliphatic carbocycles. The van der Waals surface area contributed by atoms with Crippen molar-refractivity contribution in [2.24, 2.45) is 5.73 Å². The van der Waals surface area contributed by atoms with Crippen LogP contribution in [0.2, 0.25) is 0 Å². The molecule has 1 aromatic carbocycles. The van der Waals surface area contributed by atoms with E-state index in [0.29, 0.717) is 12.1 Å². The Morgan fingerprint density at radius 3 is 2.62 bits per heavy atom. The lowest BCUT2D eigenvalue weighted by atomic mass is 10.2. The molecule has 1 rings (SSSR count). The first kappa shape index (κ1) is 12.3. The first-order valence-electron chi connectivity index (χ1n) is 4.46. The zero-order valence-electron chi connectivity index (χ0n) is 8.44. The molecule has 7 heteroatoms. The maximum absolute atomic E-state index is 13.3. The molecule has 0 saturated carbocycles. The molecule has 0 fully saturated rings. The number of halogens is 2. The highest BCUT2D eigenvalue weighted by molar-refractivity contribution is 5.39. The highest BCUT2D eigenvalue weighted by Gasteiger charge is 2.20. The highest BCUT2D eigenvalue weighted by Crippen LogP contribution is 2.26. The van der Waals surface area contributed by atoms with Gasteiger partial charge in [-0.3, -0.25) is 10.1 Å². The van der Waals surface area contributed by atoms with Crippen LogP contribution in [0.3, 0.4) is 0 Å². The van der Waals surface area contributed by atoms with Crippen LogP contribution in [0.5, 0.6) is 5.75 Å². The van der Waals surface area contributed by atoms with Crippen molar-refractivity contribution < 1.29 is 18.4 Å². The average molecular weight is 232 g/mol. The van der Waals surface area contributed by atoms with E-state index >= 15 is 0 Å². The number of nitro benzene ring substituents is 1. The summed E-state index contributed by atoms with van der Waals surface area (Å²) >= 11 is 0. The molecule has 2 N–H and O–H groups in total. The van der Waals surface area contributed by atoms with E-state index in [2.05, 4.69) is 0 Å². The molecule has 0 aliphatic heterocycles. The zero-order chi connectivity index (χ0) is 12.3. The lowest BCUT2D eigenvalue weighted by Crippen LogP contribution is -2.23. The van der Waals surface area contributed by atoms with E-state index in [1.807, 2.05) is 0 Å². The van der Waals surface area contributed by atoms with Gasteiger partial charge in [0.2, 0.25) is 5.82 Å². The zero-order valence-corrected chi connectivity index (χ0v) is 8.44. The average Bonchev–Trinajstić information content (AvgIpc) is 2.22. The molecular formula is C9H10F2N2O3. The minimum absolute atomic E-state index is 0.123. The number of nitrogens with zero attached hydrogens (tertiary/aromatic N) is 1. The molecule has 1 atom stereocenters. The number of ether oxygens (including phenoxy) is 1. The first-order chi connectivity index (χ1) is 7.45. The van der Waals surface area contributed by atoms with Gasteiger partial charge in [-0.25, -0.2) is 4.39 Å². The van der Waals surface area contributed by atoms with Crippen molar-refractivity contribution in [2.45, 2.75) is 13.0 Å². The molecule has 1 unspecified atom stereocenters. The molecule has 1 aromatic rings. The summed E-state index contributed by atoms with van der Waals surface area (Å²) in [4.78, 5) is 9.30. The molecule has 0 aromatic heterocycles. The maximum Gasteiger partial charge on any atom is 0.307 e.